The number of aromatic nitrogens is 2. The average molecular weight is 121 g/mol. The van der Waals surface area contributed by atoms with Gasteiger partial charge < -0.3 is 5.11 Å². The highest BCUT2D eigenvalue weighted by molar-refractivity contribution is 5.36. The lowest BCUT2D eigenvalue weighted by molar-refractivity contribution is -0.273. The molecule has 0 aromatic carbocycles. The van der Waals surface area contributed by atoms with Crippen LogP contribution in [0.15, 0.2) is 24.7 Å². The molecule has 3 nitrogen and oxygen atoms in total. The summed E-state index contributed by atoms with van der Waals surface area (Å²) in [7, 11) is 0. The molecule has 0 saturated carbocycles. The van der Waals surface area contributed by atoms with Crippen molar-refractivity contribution in [3.8, 4) is 0 Å². The first kappa shape index (κ1) is 5.75. The summed E-state index contributed by atoms with van der Waals surface area (Å²) in [6, 6.07) is 1.70. The highest BCUT2D eigenvalue weighted by Gasteiger charge is 1.79. The van der Waals surface area contributed by atoms with Gasteiger partial charge in [0.25, 0.3) is 0 Å². The Labute approximate surface area is 52.7 Å². The van der Waals surface area contributed by atoms with Gasteiger partial charge in [0.1, 0.15) is 0 Å². The zero-order chi connectivity index (χ0) is 6.53. The van der Waals surface area contributed by atoms with Crippen molar-refractivity contribution >= 4 is 6.08 Å². The molecule has 46 valence electrons. The van der Waals surface area contributed by atoms with Crippen molar-refractivity contribution in [2.75, 3.05) is 0 Å². The van der Waals surface area contributed by atoms with Crippen molar-refractivity contribution in [2.45, 2.75) is 0 Å². The van der Waals surface area contributed by atoms with E-state index in [1.165, 1.54) is 6.08 Å². The third-order valence-corrected chi connectivity index (χ3v) is 0.803. The Balaban J connectivity index is 2.85. The largest absolute Gasteiger partial charge is 0.878 e. The molecule has 1 aromatic rings. The molecule has 0 aliphatic rings. The lowest BCUT2D eigenvalue weighted by atomic mass is 10.5. The van der Waals surface area contributed by atoms with E-state index < -0.39 is 0 Å². The Bertz CT molecular complexity index is 195. The zero-order valence-electron chi connectivity index (χ0n) is 4.69. The van der Waals surface area contributed by atoms with Crippen LogP contribution in [-0.4, -0.2) is 9.97 Å². The Hall–Kier alpha value is -1.38. The predicted molar refractivity (Wildman–Crippen MR) is 31.1 cm³/mol. The summed E-state index contributed by atoms with van der Waals surface area (Å²) in [6.07, 6.45) is 5.14. The van der Waals surface area contributed by atoms with Crippen LogP contribution < -0.4 is 5.11 Å². The van der Waals surface area contributed by atoms with E-state index in [0.717, 1.165) is 0 Å². The topological polar surface area (TPSA) is 48.8 Å². The lowest BCUT2D eigenvalue weighted by Crippen LogP contribution is -1.88. The number of hydrogen-bond donors (Lipinski definition) is 0. The SMILES string of the molecule is [O-]/C=C\c1ncccn1. The summed E-state index contributed by atoms with van der Waals surface area (Å²) in [5.74, 6) is 0.451. The van der Waals surface area contributed by atoms with Gasteiger partial charge in [-0.2, -0.15) is 0 Å². The van der Waals surface area contributed by atoms with Crippen LogP contribution in [0.4, 0.5) is 0 Å². The number of rotatable bonds is 1. The van der Waals surface area contributed by atoms with Gasteiger partial charge in [-0.1, -0.05) is 0 Å². The van der Waals surface area contributed by atoms with E-state index in [1.54, 1.807) is 18.5 Å². The quantitative estimate of drug-likeness (QED) is 0.484. The van der Waals surface area contributed by atoms with Crippen molar-refractivity contribution in [2.24, 2.45) is 0 Å². The van der Waals surface area contributed by atoms with E-state index >= 15 is 0 Å². The van der Waals surface area contributed by atoms with Gasteiger partial charge in [0.05, 0.1) is 0 Å². The van der Waals surface area contributed by atoms with Crippen molar-refractivity contribution in [1.82, 2.24) is 9.97 Å². The monoisotopic (exact) mass is 121 g/mol. The van der Waals surface area contributed by atoms with Gasteiger partial charge in [0.2, 0.25) is 0 Å². The Morgan fingerprint density at radius 1 is 1.33 bits per heavy atom. The van der Waals surface area contributed by atoms with E-state index in [2.05, 4.69) is 9.97 Å². The average Bonchev–Trinajstić information content (AvgIpc) is 1.91. The second-order valence-electron chi connectivity index (χ2n) is 1.41. The molecule has 9 heavy (non-hydrogen) atoms. The van der Waals surface area contributed by atoms with E-state index in [9.17, 15) is 5.11 Å². The van der Waals surface area contributed by atoms with Crippen molar-refractivity contribution in [1.29, 1.82) is 0 Å². The Kier molecular flexibility index (Phi) is 1.80. The van der Waals surface area contributed by atoms with Gasteiger partial charge in [-0.05, 0) is 12.1 Å². The third kappa shape index (κ3) is 1.53. The minimum absolute atomic E-state index is 0.451. The van der Waals surface area contributed by atoms with Crippen LogP contribution >= 0.6 is 0 Å². The van der Waals surface area contributed by atoms with Crippen LogP contribution in [0.5, 0.6) is 0 Å². The molecule has 0 amide bonds. The Morgan fingerprint density at radius 2 is 2.00 bits per heavy atom. The molecule has 0 unspecified atom stereocenters. The molecule has 0 spiro atoms. The maximum Gasteiger partial charge on any atom is 0.150 e. The van der Waals surface area contributed by atoms with E-state index in [0.29, 0.717) is 12.1 Å². The number of hydrogen-bond acceptors (Lipinski definition) is 3. The summed E-state index contributed by atoms with van der Waals surface area (Å²) in [5.41, 5.74) is 0. The van der Waals surface area contributed by atoms with Crippen LogP contribution in [0, 0.1) is 0 Å². The maximum absolute atomic E-state index is 9.84. The van der Waals surface area contributed by atoms with Crippen LogP contribution in [0.1, 0.15) is 5.82 Å². The molecular formula is C6H5N2O-. The lowest BCUT2D eigenvalue weighted by Gasteiger charge is -1.89. The minimum atomic E-state index is 0.451. The first-order valence-corrected chi connectivity index (χ1v) is 2.49. The van der Waals surface area contributed by atoms with E-state index in [1.807, 2.05) is 0 Å². The maximum atomic E-state index is 9.84. The van der Waals surface area contributed by atoms with Crippen LogP contribution in [0.2, 0.25) is 0 Å². The summed E-state index contributed by atoms with van der Waals surface area (Å²) in [5, 5.41) is 9.84. The van der Waals surface area contributed by atoms with Crippen LogP contribution in [-0.2, 0) is 0 Å². The standard InChI is InChI=1S/C6H6N2O/c9-5-2-6-7-3-1-4-8-6/h1-5,9H/p-1/b5-2-. The highest BCUT2D eigenvalue weighted by atomic mass is 16.2. The van der Waals surface area contributed by atoms with Crippen molar-refractivity contribution < 1.29 is 5.11 Å². The predicted octanol–water partition coefficient (Wildman–Crippen LogP) is -0.192. The molecule has 1 heterocycles. The fourth-order valence-electron chi connectivity index (χ4n) is 0.458. The summed E-state index contributed by atoms with van der Waals surface area (Å²) >= 11 is 0. The van der Waals surface area contributed by atoms with Gasteiger partial charge >= 0.3 is 0 Å². The molecule has 0 bridgehead atoms. The van der Waals surface area contributed by atoms with Crippen molar-refractivity contribution in [3.05, 3.63) is 30.5 Å². The first-order chi connectivity index (χ1) is 4.43. The minimum Gasteiger partial charge on any atom is -0.878 e. The van der Waals surface area contributed by atoms with E-state index in [4.69, 9.17) is 0 Å². The molecule has 3 heteroatoms. The molecule has 0 saturated heterocycles. The molecule has 0 aliphatic carbocycles. The molecule has 0 aliphatic heterocycles. The third-order valence-electron chi connectivity index (χ3n) is 0.803. The summed E-state index contributed by atoms with van der Waals surface area (Å²) in [6.45, 7) is 0. The smallest absolute Gasteiger partial charge is 0.150 e. The molecule has 0 fully saturated rings. The summed E-state index contributed by atoms with van der Waals surface area (Å²) in [4.78, 5) is 7.54. The van der Waals surface area contributed by atoms with Gasteiger partial charge in [0, 0.05) is 12.4 Å². The molecular weight excluding hydrogens is 116 g/mol. The van der Waals surface area contributed by atoms with Crippen LogP contribution in [0.25, 0.3) is 6.08 Å². The highest BCUT2D eigenvalue weighted by Crippen LogP contribution is 1.87. The van der Waals surface area contributed by atoms with Crippen LogP contribution in [0.3, 0.4) is 0 Å². The van der Waals surface area contributed by atoms with Crippen molar-refractivity contribution in [3.63, 3.8) is 0 Å². The van der Waals surface area contributed by atoms with E-state index in [-0.39, 0.29) is 0 Å². The first-order valence-electron chi connectivity index (χ1n) is 2.49. The molecule has 0 atom stereocenters. The molecule has 1 rings (SSSR count). The van der Waals surface area contributed by atoms with Gasteiger partial charge in [0.15, 0.2) is 5.82 Å². The fourth-order valence-corrected chi connectivity index (χ4v) is 0.458. The van der Waals surface area contributed by atoms with Gasteiger partial charge in [-0.25, -0.2) is 9.97 Å². The zero-order valence-corrected chi connectivity index (χ0v) is 4.69. The second-order valence-corrected chi connectivity index (χ2v) is 1.41. The molecule has 0 N–H and O–H groups in total. The fraction of sp³-hybridized carbons (Fsp3) is 0. The van der Waals surface area contributed by atoms with Gasteiger partial charge in [-0.15, -0.1) is 6.26 Å². The van der Waals surface area contributed by atoms with Gasteiger partial charge in [-0.3, -0.25) is 0 Å². The normalized spacial score (nSPS) is 10.2. The molecule has 1 aromatic heterocycles. The second kappa shape index (κ2) is 2.81. The summed E-state index contributed by atoms with van der Waals surface area (Å²) < 4.78 is 0. The molecule has 0 radical (unpaired) electrons. The number of nitrogens with zero attached hydrogens (tertiary/aromatic N) is 2. The Morgan fingerprint density at radius 3 is 2.56 bits per heavy atom.